The zero-order chi connectivity index (χ0) is 19.0. The molecule has 0 saturated carbocycles. The van der Waals surface area contributed by atoms with Crippen molar-refractivity contribution in [1.29, 1.82) is 0 Å². The van der Waals surface area contributed by atoms with Crippen molar-refractivity contribution in [3.05, 3.63) is 41.7 Å². The Balaban J connectivity index is 1.53. The van der Waals surface area contributed by atoms with Gasteiger partial charge >= 0.3 is 0 Å². The van der Waals surface area contributed by atoms with Gasteiger partial charge in [0.1, 0.15) is 5.82 Å². The Labute approximate surface area is 158 Å². The van der Waals surface area contributed by atoms with Gasteiger partial charge in [-0.15, -0.1) is 0 Å². The summed E-state index contributed by atoms with van der Waals surface area (Å²) < 4.78 is 3.73. The van der Waals surface area contributed by atoms with E-state index in [1.165, 1.54) is 0 Å². The van der Waals surface area contributed by atoms with Crippen molar-refractivity contribution in [1.82, 2.24) is 24.5 Å². The summed E-state index contributed by atoms with van der Waals surface area (Å²) in [6.45, 7) is 5.78. The minimum absolute atomic E-state index is 0.862. The molecule has 3 aromatic heterocycles. The molecule has 0 aliphatic rings. The predicted octanol–water partition coefficient (Wildman–Crippen LogP) is 3.39. The number of fused-ring (bicyclic) bond motifs is 2. The number of nitrogens with zero attached hydrogens (tertiary/aromatic N) is 5. The Morgan fingerprint density at radius 2 is 1.74 bits per heavy atom. The van der Waals surface area contributed by atoms with Gasteiger partial charge < -0.3 is 10.6 Å². The molecule has 0 bridgehead atoms. The van der Waals surface area contributed by atoms with Crippen LogP contribution in [0.2, 0.25) is 0 Å². The van der Waals surface area contributed by atoms with Gasteiger partial charge in [-0.25, -0.2) is 4.98 Å². The number of benzene rings is 1. The van der Waals surface area contributed by atoms with Crippen molar-refractivity contribution >= 4 is 33.4 Å². The molecule has 1 aromatic carbocycles. The zero-order valence-corrected chi connectivity index (χ0v) is 16.2. The molecule has 0 spiro atoms. The number of para-hydroxylation sites is 1. The number of hydrogen-bond donors (Lipinski definition) is 2. The molecule has 0 amide bonds. The maximum atomic E-state index is 4.79. The first-order chi connectivity index (χ1) is 13.0. The van der Waals surface area contributed by atoms with Gasteiger partial charge in [-0.2, -0.15) is 10.2 Å². The molecule has 4 rings (SSSR count). The highest BCUT2D eigenvalue weighted by Gasteiger charge is 2.15. The number of nitrogens with one attached hydrogen (secondary N) is 2. The number of anilines is 2. The van der Waals surface area contributed by atoms with Crippen LogP contribution < -0.4 is 10.6 Å². The molecule has 140 valence electrons. The number of rotatable bonds is 6. The summed E-state index contributed by atoms with van der Waals surface area (Å²) in [6.07, 6.45) is 0.988. The molecule has 27 heavy (non-hydrogen) atoms. The van der Waals surface area contributed by atoms with E-state index in [0.717, 1.165) is 64.3 Å². The summed E-state index contributed by atoms with van der Waals surface area (Å²) in [4.78, 5) is 4.79. The molecule has 2 N–H and O–H groups in total. The van der Waals surface area contributed by atoms with E-state index in [1.54, 1.807) is 0 Å². The molecule has 0 atom stereocenters. The second-order valence-electron chi connectivity index (χ2n) is 6.91. The summed E-state index contributed by atoms with van der Waals surface area (Å²) in [5.74, 6) is 1.05. The first kappa shape index (κ1) is 17.3. The molecule has 4 aromatic rings. The lowest BCUT2D eigenvalue weighted by Crippen LogP contribution is -2.11. The van der Waals surface area contributed by atoms with Crippen molar-refractivity contribution in [2.24, 2.45) is 14.1 Å². The van der Waals surface area contributed by atoms with Gasteiger partial charge in [0.15, 0.2) is 5.65 Å². The first-order valence-electron chi connectivity index (χ1n) is 9.25. The van der Waals surface area contributed by atoms with Gasteiger partial charge in [0.05, 0.1) is 28.0 Å². The molecule has 3 heterocycles. The normalized spacial score (nSPS) is 11.4. The molecule has 0 unspecified atom stereocenters. The standard InChI is InChI=1S/C20H25N7/c1-13-12-17(26(3)24-13)21-10-7-11-22-19-15-8-5-6-9-16(15)23-20-18(19)14(2)25-27(20)4/h5-6,8-9,12,21H,7,10-11H2,1-4H3,(H,22,23). The molecule has 7 heteroatoms. The van der Waals surface area contributed by atoms with Crippen LogP contribution >= 0.6 is 0 Å². The summed E-state index contributed by atoms with van der Waals surface area (Å²) in [5, 5.41) is 18.2. The maximum Gasteiger partial charge on any atom is 0.160 e. The Morgan fingerprint density at radius 1 is 0.963 bits per heavy atom. The second-order valence-corrected chi connectivity index (χ2v) is 6.91. The first-order valence-corrected chi connectivity index (χ1v) is 9.25. The maximum absolute atomic E-state index is 4.79. The third-order valence-electron chi connectivity index (χ3n) is 4.81. The minimum atomic E-state index is 0.862. The summed E-state index contributed by atoms with van der Waals surface area (Å²) in [5.41, 5.74) is 5.04. The Hall–Kier alpha value is -3.09. The number of hydrogen-bond acceptors (Lipinski definition) is 5. The Kier molecular flexibility index (Phi) is 4.43. The van der Waals surface area contributed by atoms with Gasteiger partial charge in [-0.3, -0.25) is 9.36 Å². The van der Waals surface area contributed by atoms with Gasteiger partial charge in [0.2, 0.25) is 0 Å². The van der Waals surface area contributed by atoms with E-state index in [1.807, 2.05) is 43.4 Å². The lowest BCUT2D eigenvalue weighted by molar-refractivity contribution is 0.754. The topological polar surface area (TPSA) is 72.6 Å². The minimum Gasteiger partial charge on any atom is -0.384 e. The molecule has 0 fully saturated rings. The fourth-order valence-corrected chi connectivity index (χ4v) is 3.58. The SMILES string of the molecule is Cc1cc(NCCCNc2c3ccccc3nc3c2c(C)nn3C)n(C)n1. The van der Waals surface area contributed by atoms with Crippen molar-refractivity contribution in [2.75, 3.05) is 23.7 Å². The molecule has 7 nitrogen and oxygen atoms in total. The number of aromatic nitrogens is 5. The van der Waals surface area contributed by atoms with Crippen LogP contribution in [0.4, 0.5) is 11.5 Å². The van der Waals surface area contributed by atoms with Crippen LogP contribution in [0.5, 0.6) is 0 Å². The molecule has 0 aliphatic carbocycles. The highest BCUT2D eigenvalue weighted by molar-refractivity contribution is 6.07. The fraction of sp³-hybridized carbons (Fsp3) is 0.350. The van der Waals surface area contributed by atoms with Gasteiger partial charge in [-0.1, -0.05) is 18.2 Å². The average Bonchev–Trinajstić information content (AvgIpc) is 3.11. The Bertz CT molecular complexity index is 1110. The van der Waals surface area contributed by atoms with Gasteiger partial charge in [0.25, 0.3) is 0 Å². The highest BCUT2D eigenvalue weighted by atomic mass is 15.3. The Morgan fingerprint density at radius 3 is 2.52 bits per heavy atom. The quantitative estimate of drug-likeness (QED) is 0.514. The van der Waals surface area contributed by atoms with E-state index >= 15 is 0 Å². The van der Waals surface area contributed by atoms with Gasteiger partial charge in [0, 0.05) is 38.6 Å². The van der Waals surface area contributed by atoms with Crippen molar-refractivity contribution in [3.8, 4) is 0 Å². The lowest BCUT2D eigenvalue weighted by atomic mass is 10.1. The fourth-order valence-electron chi connectivity index (χ4n) is 3.58. The largest absolute Gasteiger partial charge is 0.384 e. The van der Waals surface area contributed by atoms with E-state index in [0.29, 0.717) is 0 Å². The number of pyridine rings is 1. The van der Waals surface area contributed by atoms with Crippen LogP contribution in [0.3, 0.4) is 0 Å². The monoisotopic (exact) mass is 363 g/mol. The van der Waals surface area contributed by atoms with Gasteiger partial charge in [-0.05, 0) is 26.3 Å². The van der Waals surface area contributed by atoms with E-state index in [-0.39, 0.29) is 0 Å². The van der Waals surface area contributed by atoms with Crippen molar-refractivity contribution in [3.63, 3.8) is 0 Å². The highest BCUT2D eigenvalue weighted by Crippen LogP contribution is 2.32. The molecule has 0 radical (unpaired) electrons. The van der Waals surface area contributed by atoms with E-state index in [2.05, 4.69) is 45.1 Å². The van der Waals surface area contributed by atoms with Crippen LogP contribution in [-0.2, 0) is 14.1 Å². The second kappa shape index (κ2) is 6.90. The van der Waals surface area contributed by atoms with Crippen LogP contribution in [0.25, 0.3) is 21.9 Å². The van der Waals surface area contributed by atoms with E-state index in [9.17, 15) is 0 Å². The average molecular weight is 363 g/mol. The van der Waals surface area contributed by atoms with Crippen molar-refractivity contribution < 1.29 is 0 Å². The van der Waals surface area contributed by atoms with Crippen LogP contribution in [0.15, 0.2) is 30.3 Å². The molecular weight excluding hydrogens is 338 g/mol. The summed E-state index contributed by atoms with van der Waals surface area (Å²) in [6, 6.07) is 10.3. The van der Waals surface area contributed by atoms with Crippen LogP contribution in [0.1, 0.15) is 17.8 Å². The van der Waals surface area contributed by atoms with Crippen LogP contribution in [-0.4, -0.2) is 37.6 Å². The lowest BCUT2D eigenvalue weighted by Gasteiger charge is -2.12. The van der Waals surface area contributed by atoms with Crippen molar-refractivity contribution in [2.45, 2.75) is 20.3 Å². The van der Waals surface area contributed by atoms with E-state index < -0.39 is 0 Å². The predicted molar refractivity (Wildman–Crippen MR) is 110 cm³/mol. The summed E-state index contributed by atoms with van der Waals surface area (Å²) in [7, 11) is 3.90. The molecule has 0 aliphatic heterocycles. The molecule has 0 saturated heterocycles. The summed E-state index contributed by atoms with van der Waals surface area (Å²) >= 11 is 0. The molecular formula is C20H25N7. The third kappa shape index (κ3) is 3.20. The zero-order valence-electron chi connectivity index (χ0n) is 16.2. The van der Waals surface area contributed by atoms with Crippen LogP contribution in [0, 0.1) is 13.8 Å². The smallest absolute Gasteiger partial charge is 0.160 e. The third-order valence-corrected chi connectivity index (χ3v) is 4.81. The van der Waals surface area contributed by atoms with E-state index in [4.69, 9.17) is 4.98 Å². The number of aryl methyl sites for hydroxylation is 4.